The SMILES string of the molecule is O=S(=O)(Cc1ccc2[nH]c3nccc(N4CCN(CCN5CCOCC5)CC4)c3c2c1)c1ccccc1. The lowest BCUT2D eigenvalue weighted by Gasteiger charge is -2.37. The topological polar surface area (TPSA) is 81.8 Å². The van der Waals surface area contributed by atoms with Gasteiger partial charge in [0, 0.05) is 74.8 Å². The zero-order chi connectivity index (χ0) is 25.2. The lowest BCUT2D eigenvalue weighted by atomic mass is 10.1. The molecule has 0 bridgehead atoms. The molecule has 2 aromatic carbocycles. The molecular formula is C28H33N5O3S. The van der Waals surface area contributed by atoms with Gasteiger partial charge in [-0.15, -0.1) is 0 Å². The van der Waals surface area contributed by atoms with Crippen LogP contribution in [0.2, 0.25) is 0 Å². The molecule has 4 heterocycles. The summed E-state index contributed by atoms with van der Waals surface area (Å²) in [6, 6.07) is 16.6. The number of pyridine rings is 1. The van der Waals surface area contributed by atoms with Crippen molar-refractivity contribution in [3.63, 3.8) is 0 Å². The summed E-state index contributed by atoms with van der Waals surface area (Å²) in [5.41, 5.74) is 3.75. The van der Waals surface area contributed by atoms with Crippen LogP contribution < -0.4 is 4.90 Å². The molecule has 37 heavy (non-hydrogen) atoms. The average Bonchev–Trinajstić information content (AvgIpc) is 3.31. The Kier molecular flexibility index (Phi) is 6.86. The largest absolute Gasteiger partial charge is 0.379 e. The summed E-state index contributed by atoms with van der Waals surface area (Å²) < 4.78 is 31.5. The number of nitrogens with zero attached hydrogens (tertiary/aromatic N) is 4. The van der Waals surface area contributed by atoms with E-state index in [9.17, 15) is 8.42 Å². The second-order valence-electron chi connectivity index (χ2n) is 9.91. The van der Waals surface area contributed by atoms with Gasteiger partial charge in [0.25, 0.3) is 0 Å². The van der Waals surface area contributed by atoms with Crippen molar-refractivity contribution in [2.75, 3.05) is 70.5 Å². The molecule has 8 nitrogen and oxygen atoms in total. The zero-order valence-electron chi connectivity index (χ0n) is 21.0. The van der Waals surface area contributed by atoms with Crippen molar-refractivity contribution in [3.05, 3.63) is 66.4 Å². The van der Waals surface area contributed by atoms with Crippen LogP contribution in [-0.2, 0) is 20.3 Å². The third-order valence-electron chi connectivity index (χ3n) is 7.54. The van der Waals surface area contributed by atoms with Gasteiger partial charge in [0.1, 0.15) is 5.65 Å². The van der Waals surface area contributed by atoms with E-state index in [1.807, 2.05) is 30.5 Å². The van der Waals surface area contributed by atoms with Crippen molar-refractivity contribution in [2.45, 2.75) is 10.6 Å². The normalized spacial score (nSPS) is 18.1. The minimum atomic E-state index is -3.42. The van der Waals surface area contributed by atoms with Crippen LogP contribution in [0.3, 0.4) is 0 Å². The van der Waals surface area contributed by atoms with E-state index in [1.165, 1.54) is 0 Å². The summed E-state index contributed by atoms with van der Waals surface area (Å²) in [5, 5.41) is 2.09. The van der Waals surface area contributed by atoms with Crippen LogP contribution in [0, 0.1) is 0 Å². The van der Waals surface area contributed by atoms with Crippen molar-refractivity contribution in [2.24, 2.45) is 0 Å². The van der Waals surface area contributed by atoms with E-state index in [4.69, 9.17) is 4.74 Å². The standard InChI is InChI=1S/C28H33N5O3S/c34-37(35,23-4-2-1-3-5-23)21-22-6-7-25-24(20-22)27-26(8-9-29-28(27)30-25)33-14-12-31(13-15-33)10-11-32-16-18-36-19-17-32/h1-9,20H,10-19,21H2,(H,29,30). The van der Waals surface area contributed by atoms with Crippen LogP contribution in [0.4, 0.5) is 5.69 Å². The van der Waals surface area contributed by atoms with Gasteiger partial charge in [-0.2, -0.15) is 0 Å². The second-order valence-corrected chi connectivity index (χ2v) is 11.9. The summed E-state index contributed by atoms with van der Waals surface area (Å²) in [6.45, 7) is 9.90. The number of ether oxygens (including phenoxy) is 1. The van der Waals surface area contributed by atoms with Crippen LogP contribution in [0.5, 0.6) is 0 Å². The first-order valence-electron chi connectivity index (χ1n) is 13.0. The number of sulfone groups is 1. The second kappa shape index (κ2) is 10.4. The number of aromatic amines is 1. The maximum Gasteiger partial charge on any atom is 0.182 e. The molecule has 9 heteroatoms. The summed E-state index contributed by atoms with van der Waals surface area (Å²) >= 11 is 0. The number of piperazine rings is 1. The van der Waals surface area contributed by atoms with Crippen molar-refractivity contribution in [1.29, 1.82) is 0 Å². The van der Waals surface area contributed by atoms with E-state index in [1.54, 1.807) is 24.3 Å². The fraction of sp³-hybridized carbons (Fsp3) is 0.393. The van der Waals surface area contributed by atoms with Gasteiger partial charge in [-0.1, -0.05) is 24.3 Å². The van der Waals surface area contributed by atoms with Gasteiger partial charge in [0.05, 0.1) is 29.5 Å². The molecule has 2 aliphatic rings. The molecule has 0 radical (unpaired) electrons. The van der Waals surface area contributed by atoms with E-state index in [0.717, 1.165) is 98.8 Å². The molecule has 0 atom stereocenters. The Balaban J connectivity index is 1.21. The monoisotopic (exact) mass is 519 g/mol. The predicted molar refractivity (Wildman–Crippen MR) is 147 cm³/mol. The number of rotatable bonds is 7. The van der Waals surface area contributed by atoms with Crippen molar-refractivity contribution < 1.29 is 13.2 Å². The van der Waals surface area contributed by atoms with E-state index < -0.39 is 9.84 Å². The molecule has 0 amide bonds. The maximum atomic E-state index is 13.0. The number of fused-ring (bicyclic) bond motifs is 3. The number of nitrogens with one attached hydrogen (secondary N) is 1. The van der Waals surface area contributed by atoms with Crippen LogP contribution in [-0.4, -0.2) is 93.8 Å². The third-order valence-corrected chi connectivity index (χ3v) is 9.25. The van der Waals surface area contributed by atoms with Gasteiger partial charge in [0.2, 0.25) is 0 Å². The Morgan fingerprint density at radius 1 is 0.865 bits per heavy atom. The first-order chi connectivity index (χ1) is 18.1. The van der Waals surface area contributed by atoms with Gasteiger partial charge in [0.15, 0.2) is 9.84 Å². The average molecular weight is 520 g/mol. The van der Waals surface area contributed by atoms with Crippen LogP contribution >= 0.6 is 0 Å². The fourth-order valence-corrected chi connectivity index (χ4v) is 6.81. The Morgan fingerprint density at radius 3 is 2.35 bits per heavy atom. The Hall–Kier alpha value is -2.98. The molecular weight excluding hydrogens is 486 g/mol. The van der Waals surface area contributed by atoms with E-state index >= 15 is 0 Å². The van der Waals surface area contributed by atoms with Gasteiger partial charge >= 0.3 is 0 Å². The molecule has 0 unspecified atom stereocenters. The van der Waals surface area contributed by atoms with E-state index in [0.29, 0.717) is 4.90 Å². The van der Waals surface area contributed by atoms with E-state index in [-0.39, 0.29) is 5.75 Å². The molecule has 2 fully saturated rings. The number of benzene rings is 2. The highest BCUT2D eigenvalue weighted by Crippen LogP contribution is 2.34. The Labute approximate surface area is 217 Å². The minimum absolute atomic E-state index is 0.0307. The van der Waals surface area contributed by atoms with Gasteiger partial charge in [-0.3, -0.25) is 9.80 Å². The fourth-order valence-electron chi connectivity index (χ4n) is 5.45. The van der Waals surface area contributed by atoms with Crippen molar-refractivity contribution >= 4 is 37.5 Å². The molecule has 4 aromatic rings. The Morgan fingerprint density at radius 2 is 1.59 bits per heavy atom. The summed E-state index contributed by atoms with van der Waals surface area (Å²) in [4.78, 5) is 15.9. The van der Waals surface area contributed by atoms with Crippen LogP contribution in [0.25, 0.3) is 21.9 Å². The molecule has 2 saturated heterocycles. The summed E-state index contributed by atoms with van der Waals surface area (Å²) in [6.07, 6.45) is 1.86. The summed E-state index contributed by atoms with van der Waals surface area (Å²) in [7, 11) is -3.42. The Bertz CT molecular complexity index is 1470. The van der Waals surface area contributed by atoms with Crippen LogP contribution in [0.15, 0.2) is 65.7 Å². The third kappa shape index (κ3) is 5.22. The molecule has 0 saturated carbocycles. The maximum absolute atomic E-state index is 13.0. The predicted octanol–water partition coefficient (Wildman–Crippen LogP) is 3.14. The van der Waals surface area contributed by atoms with E-state index in [2.05, 4.69) is 30.7 Å². The lowest BCUT2D eigenvalue weighted by Crippen LogP contribution is -2.49. The van der Waals surface area contributed by atoms with Crippen molar-refractivity contribution in [1.82, 2.24) is 19.8 Å². The number of H-pyrrole nitrogens is 1. The van der Waals surface area contributed by atoms with Gasteiger partial charge in [-0.05, 0) is 35.9 Å². The highest BCUT2D eigenvalue weighted by molar-refractivity contribution is 7.90. The number of hydrogen-bond acceptors (Lipinski definition) is 7. The van der Waals surface area contributed by atoms with Gasteiger partial charge in [-0.25, -0.2) is 13.4 Å². The van der Waals surface area contributed by atoms with Crippen LogP contribution in [0.1, 0.15) is 5.56 Å². The highest BCUT2D eigenvalue weighted by Gasteiger charge is 2.22. The molecule has 194 valence electrons. The number of morpholine rings is 1. The number of anilines is 1. The van der Waals surface area contributed by atoms with Gasteiger partial charge < -0.3 is 14.6 Å². The molecule has 0 aliphatic carbocycles. The molecule has 0 spiro atoms. The zero-order valence-corrected chi connectivity index (χ0v) is 21.8. The molecule has 2 aromatic heterocycles. The number of aromatic nitrogens is 2. The number of hydrogen-bond donors (Lipinski definition) is 1. The smallest absolute Gasteiger partial charge is 0.182 e. The van der Waals surface area contributed by atoms with Crippen molar-refractivity contribution in [3.8, 4) is 0 Å². The quantitative estimate of drug-likeness (QED) is 0.402. The molecule has 6 rings (SSSR count). The lowest BCUT2D eigenvalue weighted by molar-refractivity contribution is 0.0331. The first-order valence-corrected chi connectivity index (χ1v) is 14.7. The highest BCUT2D eigenvalue weighted by atomic mass is 32.2. The summed E-state index contributed by atoms with van der Waals surface area (Å²) in [5.74, 6) is -0.0307. The minimum Gasteiger partial charge on any atom is -0.379 e. The first kappa shape index (κ1) is 24.4. The molecule has 1 N–H and O–H groups in total. The molecule has 2 aliphatic heterocycles.